The highest BCUT2D eigenvalue weighted by molar-refractivity contribution is 5.85. The summed E-state index contributed by atoms with van der Waals surface area (Å²) in [6.07, 6.45) is 4.32. The molecule has 1 aliphatic rings. The van der Waals surface area contributed by atoms with Gasteiger partial charge < -0.3 is 5.73 Å². The number of nitrogens with two attached hydrogens (primary N) is 1. The van der Waals surface area contributed by atoms with E-state index in [0.717, 1.165) is 0 Å². The highest BCUT2D eigenvalue weighted by Crippen LogP contribution is 2.28. The third-order valence-electron chi connectivity index (χ3n) is 1.71. The first-order valence-corrected chi connectivity index (χ1v) is 3.07. The van der Waals surface area contributed by atoms with E-state index in [1.165, 1.54) is 19.3 Å². The lowest BCUT2D eigenvalue weighted by Gasteiger charge is -2.23. The molecule has 2 nitrogen and oxygen atoms in total. The largest absolute Gasteiger partial charge is 0.370 e. The van der Waals surface area contributed by atoms with E-state index < -0.39 is 0 Å². The number of carbonyl (C=O) groups excluding carboxylic acids is 1. The minimum atomic E-state index is -0.144. The molecule has 0 aromatic rings. The number of primary amides is 1. The second-order valence-corrected chi connectivity index (χ2v) is 2.47. The molecule has 0 spiro atoms. The molecule has 1 amide bonds. The fourth-order valence-corrected chi connectivity index (χ4v) is 0.981. The summed E-state index contributed by atoms with van der Waals surface area (Å²) in [5, 5.41) is 0. The number of amides is 1. The van der Waals surface area contributed by atoms with Gasteiger partial charge in [0.2, 0.25) is 5.91 Å². The Morgan fingerprint density at radius 3 is 2.22 bits per heavy atom. The Kier molecular flexibility index (Phi) is 3.62. The summed E-state index contributed by atoms with van der Waals surface area (Å²) in [6, 6.07) is 0. The normalized spacial score (nSPS) is 17.8. The van der Waals surface area contributed by atoms with Gasteiger partial charge in [0.05, 0.1) is 0 Å². The van der Waals surface area contributed by atoms with E-state index in [1.807, 2.05) is 0 Å². The number of rotatable bonds is 2. The molecule has 9 heavy (non-hydrogen) atoms. The first-order valence-electron chi connectivity index (χ1n) is 3.07. The van der Waals surface area contributed by atoms with Crippen molar-refractivity contribution in [3.8, 4) is 0 Å². The Labute approximate surface area is 61.2 Å². The summed E-state index contributed by atoms with van der Waals surface area (Å²) < 4.78 is 0. The molecular weight excluding hydrogens is 138 g/mol. The zero-order valence-corrected chi connectivity index (χ0v) is 6.12. The van der Waals surface area contributed by atoms with Crippen LogP contribution in [0.25, 0.3) is 0 Å². The zero-order valence-electron chi connectivity index (χ0n) is 5.30. The monoisotopic (exact) mass is 149 g/mol. The molecule has 54 valence electrons. The van der Waals surface area contributed by atoms with E-state index >= 15 is 0 Å². The van der Waals surface area contributed by atoms with Gasteiger partial charge in [0.1, 0.15) is 0 Å². The van der Waals surface area contributed by atoms with Crippen molar-refractivity contribution in [3.05, 3.63) is 0 Å². The van der Waals surface area contributed by atoms with Gasteiger partial charge in [-0.2, -0.15) is 0 Å². The van der Waals surface area contributed by atoms with Crippen LogP contribution in [0.3, 0.4) is 0 Å². The van der Waals surface area contributed by atoms with Crippen LogP contribution in [-0.2, 0) is 4.79 Å². The average Bonchev–Trinajstić information content (AvgIpc) is 1.55. The van der Waals surface area contributed by atoms with Gasteiger partial charge >= 0.3 is 0 Å². The molecule has 0 heterocycles. The molecule has 3 heteroatoms. The second-order valence-electron chi connectivity index (χ2n) is 2.47. The van der Waals surface area contributed by atoms with Gasteiger partial charge in [0.15, 0.2) is 0 Å². The molecule has 0 atom stereocenters. The fourth-order valence-electron chi connectivity index (χ4n) is 0.981. The van der Waals surface area contributed by atoms with Crippen molar-refractivity contribution < 1.29 is 4.79 Å². The van der Waals surface area contributed by atoms with E-state index in [9.17, 15) is 4.79 Å². The number of carbonyl (C=O) groups is 1. The van der Waals surface area contributed by atoms with Gasteiger partial charge in [-0.05, 0) is 18.8 Å². The first kappa shape index (κ1) is 8.76. The molecule has 0 aromatic heterocycles. The van der Waals surface area contributed by atoms with Crippen LogP contribution in [-0.4, -0.2) is 5.91 Å². The van der Waals surface area contributed by atoms with E-state index in [-0.39, 0.29) is 18.3 Å². The van der Waals surface area contributed by atoms with E-state index in [4.69, 9.17) is 5.73 Å². The topological polar surface area (TPSA) is 43.1 Å². The van der Waals surface area contributed by atoms with Gasteiger partial charge in [0, 0.05) is 6.42 Å². The maximum atomic E-state index is 10.2. The van der Waals surface area contributed by atoms with E-state index in [2.05, 4.69) is 0 Å². The minimum Gasteiger partial charge on any atom is -0.370 e. The van der Waals surface area contributed by atoms with Crippen molar-refractivity contribution in [1.82, 2.24) is 0 Å². The molecule has 0 bridgehead atoms. The molecular formula is C6H12ClNO. The Bertz CT molecular complexity index is 101. The lowest BCUT2D eigenvalue weighted by Crippen LogP contribution is -2.20. The minimum absolute atomic E-state index is 0. The third-order valence-corrected chi connectivity index (χ3v) is 1.71. The van der Waals surface area contributed by atoms with Crippen molar-refractivity contribution in [2.24, 2.45) is 11.7 Å². The molecule has 1 aliphatic carbocycles. The second kappa shape index (κ2) is 3.72. The molecule has 1 saturated carbocycles. The average molecular weight is 150 g/mol. The molecule has 1 fully saturated rings. The van der Waals surface area contributed by atoms with Crippen LogP contribution in [0.5, 0.6) is 0 Å². The van der Waals surface area contributed by atoms with Crippen molar-refractivity contribution in [3.63, 3.8) is 0 Å². The van der Waals surface area contributed by atoms with Crippen LogP contribution in [0.4, 0.5) is 0 Å². The SMILES string of the molecule is Cl.NC(=O)CC1CCC1. The van der Waals surface area contributed by atoms with Gasteiger partial charge in [0.25, 0.3) is 0 Å². The fraction of sp³-hybridized carbons (Fsp3) is 0.833. The molecule has 0 radical (unpaired) electrons. The van der Waals surface area contributed by atoms with E-state index in [1.54, 1.807) is 0 Å². The van der Waals surface area contributed by atoms with Crippen molar-refractivity contribution in [2.75, 3.05) is 0 Å². The van der Waals surface area contributed by atoms with Crippen LogP contribution in [0, 0.1) is 5.92 Å². The Hall–Kier alpha value is -0.240. The number of hydrogen-bond donors (Lipinski definition) is 1. The molecule has 0 aromatic carbocycles. The van der Waals surface area contributed by atoms with Crippen LogP contribution < -0.4 is 5.73 Å². The molecule has 0 saturated heterocycles. The first-order chi connectivity index (χ1) is 3.79. The number of hydrogen-bond acceptors (Lipinski definition) is 1. The summed E-state index contributed by atoms with van der Waals surface area (Å²) in [5.74, 6) is 0.488. The van der Waals surface area contributed by atoms with Crippen LogP contribution >= 0.6 is 12.4 Å². The number of halogens is 1. The summed E-state index contributed by atoms with van der Waals surface area (Å²) in [4.78, 5) is 10.2. The Morgan fingerprint density at radius 2 is 2.11 bits per heavy atom. The van der Waals surface area contributed by atoms with Gasteiger partial charge in [-0.3, -0.25) is 4.79 Å². The summed E-state index contributed by atoms with van der Waals surface area (Å²) in [7, 11) is 0. The predicted molar refractivity (Wildman–Crippen MR) is 38.4 cm³/mol. The van der Waals surface area contributed by atoms with Gasteiger partial charge in [-0.15, -0.1) is 12.4 Å². The Balaban J connectivity index is 0.000000640. The summed E-state index contributed by atoms with van der Waals surface area (Å²) in [6.45, 7) is 0. The van der Waals surface area contributed by atoms with Crippen molar-refractivity contribution >= 4 is 18.3 Å². The summed E-state index contributed by atoms with van der Waals surface area (Å²) >= 11 is 0. The maximum absolute atomic E-state index is 10.2. The van der Waals surface area contributed by atoms with E-state index in [0.29, 0.717) is 12.3 Å². The van der Waals surface area contributed by atoms with Crippen molar-refractivity contribution in [2.45, 2.75) is 25.7 Å². The van der Waals surface area contributed by atoms with Crippen LogP contribution in [0.15, 0.2) is 0 Å². The lowest BCUT2D eigenvalue weighted by atomic mass is 9.83. The molecule has 2 N–H and O–H groups in total. The lowest BCUT2D eigenvalue weighted by molar-refractivity contribution is -0.119. The zero-order chi connectivity index (χ0) is 5.98. The quantitative estimate of drug-likeness (QED) is 0.628. The highest BCUT2D eigenvalue weighted by Gasteiger charge is 2.18. The smallest absolute Gasteiger partial charge is 0.217 e. The molecule has 1 rings (SSSR count). The predicted octanol–water partition coefficient (Wildman–Crippen LogP) is 1.08. The maximum Gasteiger partial charge on any atom is 0.217 e. The highest BCUT2D eigenvalue weighted by atomic mass is 35.5. The Morgan fingerprint density at radius 1 is 1.56 bits per heavy atom. The third kappa shape index (κ3) is 2.70. The van der Waals surface area contributed by atoms with Gasteiger partial charge in [-0.1, -0.05) is 6.42 Å². The molecule has 0 aliphatic heterocycles. The van der Waals surface area contributed by atoms with Crippen LogP contribution in [0.1, 0.15) is 25.7 Å². The standard InChI is InChI=1S/C6H11NO.ClH/c7-6(8)4-5-2-1-3-5;/h5H,1-4H2,(H2,7,8);1H. The van der Waals surface area contributed by atoms with Crippen molar-refractivity contribution in [1.29, 1.82) is 0 Å². The van der Waals surface area contributed by atoms with Crippen LogP contribution in [0.2, 0.25) is 0 Å². The van der Waals surface area contributed by atoms with Gasteiger partial charge in [-0.25, -0.2) is 0 Å². The molecule has 0 unspecified atom stereocenters. The summed E-state index contributed by atoms with van der Waals surface area (Å²) in [5.41, 5.74) is 4.96.